The van der Waals surface area contributed by atoms with Gasteiger partial charge in [0, 0.05) is 18.1 Å². The maximum Gasteiger partial charge on any atom is 0.225 e. The first-order chi connectivity index (χ1) is 14.7. The summed E-state index contributed by atoms with van der Waals surface area (Å²) in [7, 11) is 1.64. The number of benzene rings is 1. The lowest BCUT2D eigenvalue weighted by molar-refractivity contribution is -0.116. The number of rotatable bonds is 10. The van der Waals surface area contributed by atoms with E-state index >= 15 is 0 Å². The summed E-state index contributed by atoms with van der Waals surface area (Å²) >= 11 is 0. The second-order valence-corrected chi connectivity index (χ2v) is 8.34. The van der Waals surface area contributed by atoms with Crippen LogP contribution in [0.5, 0.6) is 11.5 Å². The normalized spacial score (nSPS) is 17.0. The van der Waals surface area contributed by atoms with Crippen molar-refractivity contribution in [1.29, 1.82) is 0 Å². The molecule has 1 aromatic carbocycles. The molecule has 2 aromatic rings. The number of anilines is 1. The third-order valence-electron chi connectivity index (χ3n) is 5.81. The van der Waals surface area contributed by atoms with E-state index in [0.29, 0.717) is 23.9 Å². The molecule has 1 amide bonds. The Morgan fingerprint density at radius 2 is 2.03 bits per heavy atom. The van der Waals surface area contributed by atoms with Crippen LogP contribution in [0.4, 0.5) is 5.82 Å². The average molecular weight is 413 g/mol. The molecular formula is C23H32N4O3. The summed E-state index contributed by atoms with van der Waals surface area (Å²) in [5, 5.41) is 10.2. The zero-order valence-corrected chi connectivity index (χ0v) is 17.8. The highest BCUT2D eigenvalue weighted by Crippen LogP contribution is 2.35. The van der Waals surface area contributed by atoms with Gasteiger partial charge in [0.25, 0.3) is 0 Å². The van der Waals surface area contributed by atoms with Gasteiger partial charge in [-0.2, -0.15) is 5.10 Å². The standard InChI is InChI=1S/C23H32N4O3/c1-29-21-14-18(9-10-20(21)30-16-17-7-8-17)19-15-22(26-25-19)24-23(28)6-5-13-27-11-3-2-4-12-27/h9-10,14-15,17H,2-8,11-13,16H2,1H3,(H2,24,25,26,28). The number of likely N-dealkylation sites (tertiary alicyclic amines) is 1. The van der Waals surface area contributed by atoms with Gasteiger partial charge >= 0.3 is 0 Å². The Labute approximate surface area is 178 Å². The Morgan fingerprint density at radius 1 is 1.20 bits per heavy atom. The molecule has 4 rings (SSSR count). The van der Waals surface area contributed by atoms with E-state index in [9.17, 15) is 4.79 Å². The number of carbonyl (C=O) groups is 1. The molecule has 1 aliphatic heterocycles. The van der Waals surface area contributed by atoms with Crippen LogP contribution in [0.25, 0.3) is 11.3 Å². The Bertz CT molecular complexity index is 841. The van der Waals surface area contributed by atoms with Gasteiger partial charge in [-0.1, -0.05) is 6.42 Å². The van der Waals surface area contributed by atoms with Crippen molar-refractivity contribution in [3.8, 4) is 22.8 Å². The van der Waals surface area contributed by atoms with Gasteiger partial charge in [-0.15, -0.1) is 0 Å². The monoisotopic (exact) mass is 412 g/mol. The molecule has 2 N–H and O–H groups in total. The summed E-state index contributed by atoms with van der Waals surface area (Å²) in [5.74, 6) is 2.77. The van der Waals surface area contributed by atoms with Crippen molar-refractivity contribution in [2.24, 2.45) is 5.92 Å². The summed E-state index contributed by atoms with van der Waals surface area (Å²) in [6, 6.07) is 7.65. The van der Waals surface area contributed by atoms with Crippen molar-refractivity contribution in [2.75, 3.05) is 38.7 Å². The fourth-order valence-electron chi connectivity index (χ4n) is 3.83. The van der Waals surface area contributed by atoms with E-state index in [-0.39, 0.29) is 5.91 Å². The molecule has 2 aliphatic rings. The molecule has 0 bridgehead atoms. The molecule has 0 atom stereocenters. The number of ether oxygens (including phenoxy) is 2. The molecule has 0 spiro atoms. The molecule has 0 radical (unpaired) electrons. The fourth-order valence-corrected chi connectivity index (χ4v) is 3.83. The first-order valence-corrected chi connectivity index (χ1v) is 11.1. The number of amides is 1. The van der Waals surface area contributed by atoms with E-state index in [1.54, 1.807) is 7.11 Å². The Morgan fingerprint density at radius 3 is 2.80 bits per heavy atom. The van der Waals surface area contributed by atoms with Crippen LogP contribution in [-0.4, -0.2) is 54.4 Å². The number of aromatic amines is 1. The number of methoxy groups -OCH3 is 1. The minimum absolute atomic E-state index is 0.0172. The maximum absolute atomic E-state index is 12.3. The van der Waals surface area contributed by atoms with E-state index in [1.165, 1.54) is 45.2 Å². The van der Waals surface area contributed by atoms with Crippen molar-refractivity contribution >= 4 is 11.7 Å². The number of carbonyl (C=O) groups excluding carboxylic acids is 1. The molecule has 1 saturated carbocycles. The van der Waals surface area contributed by atoms with Crippen molar-refractivity contribution in [3.63, 3.8) is 0 Å². The van der Waals surface area contributed by atoms with Gasteiger partial charge in [0.1, 0.15) is 5.82 Å². The van der Waals surface area contributed by atoms with E-state index in [1.807, 2.05) is 24.3 Å². The van der Waals surface area contributed by atoms with Gasteiger partial charge < -0.3 is 19.7 Å². The van der Waals surface area contributed by atoms with Gasteiger partial charge in [0.15, 0.2) is 11.5 Å². The number of aromatic nitrogens is 2. The van der Waals surface area contributed by atoms with Crippen LogP contribution in [0.2, 0.25) is 0 Å². The molecule has 1 aliphatic carbocycles. The minimum atomic E-state index is 0.0172. The van der Waals surface area contributed by atoms with Gasteiger partial charge in [0.05, 0.1) is 19.4 Å². The Kier molecular flexibility index (Phi) is 6.89. The van der Waals surface area contributed by atoms with Gasteiger partial charge in [-0.3, -0.25) is 9.89 Å². The van der Waals surface area contributed by atoms with Gasteiger partial charge in [0.2, 0.25) is 5.91 Å². The lowest BCUT2D eigenvalue weighted by Crippen LogP contribution is -2.31. The van der Waals surface area contributed by atoms with Crippen molar-refractivity contribution < 1.29 is 14.3 Å². The van der Waals surface area contributed by atoms with Crippen molar-refractivity contribution in [2.45, 2.75) is 44.9 Å². The number of H-pyrrole nitrogens is 1. The lowest BCUT2D eigenvalue weighted by atomic mass is 10.1. The highest BCUT2D eigenvalue weighted by Gasteiger charge is 2.22. The quantitative estimate of drug-likeness (QED) is 0.615. The average Bonchev–Trinajstić information content (AvgIpc) is 3.49. The third kappa shape index (κ3) is 5.75. The first-order valence-electron chi connectivity index (χ1n) is 11.1. The number of piperidine rings is 1. The van der Waals surface area contributed by atoms with Crippen LogP contribution >= 0.6 is 0 Å². The lowest BCUT2D eigenvalue weighted by Gasteiger charge is -2.26. The molecule has 1 saturated heterocycles. The molecule has 7 heteroatoms. The van der Waals surface area contributed by atoms with Crippen LogP contribution in [-0.2, 0) is 4.79 Å². The first kappa shape index (κ1) is 20.7. The largest absolute Gasteiger partial charge is 0.493 e. The predicted octanol–water partition coefficient (Wildman–Crippen LogP) is 4.08. The van der Waals surface area contributed by atoms with Crippen LogP contribution in [0.1, 0.15) is 44.9 Å². The number of nitrogens with one attached hydrogen (secondary N) is 2. The number of nitrogens with zero attached hydrogens (tertiary/aromatic N) is 2. The zero-order valence-electron chi connectivity index (χ0n) is 17.8. The molecule has 2 fully saturated rings. The van der Waals surface area contributed by atoms with Gasteiger partial charge in [-0.25, -0.2) is 0 Å². The van der Waals surface area contributed by atoms with E-state index in [0.717, 1.165) is 36.6 Å². The smallest absolute Gasteiger partial charge is 0.225 e. The molecular weight excluding hydrogens is 380 g/mol. The molecule has 2 heterocycles. The molecule has 0 unspecified atom stereocenters. The zero-order chi connectivity index (χ0) is 20.8. The summed E-state index contributed by atoms with van der Waals surface area (Å²) in [4.78, 5) is 14.7. The fraction of sp³-hybridized carbons (Fsp3) is 0.565. The SMILES string of the molecule is COc1cc(-c2cc(NC(=O)CCCN3CCCCC3)[nH]n2)ccc1OCC1CC1. The molecule has 30 heavy (non-hydrogen) atoms. The van der Waals surface area contributed by atoms with Crippen molar-refractivity contribution in [3.05, 3.63) is 24.3 Å². The highest BCUT2D eigenvalue weighted by atomic mass is 16.5. The second kappa shape index (κ2) is 9.98. The summed E-state index contributed by atoms with van der Waals surface area (Å²) in [6.07, 6.45) is 7.79. The highest BCUT2D eigenvalue weighted by molar-refractivity contribution is 5.90. The van der Waals surface area contributed by atoms with E-state index in [2.05, 4.69) is 20.4 Å². The van der Waals surface area contributed by atoms with E-state index < -0.39 is 0 Å². The number of hydrogen-bond acceptors (Lipinski definition) is 5. The van der Waals surface area contributed by atoms with Crippen LogP contribution in [0.15, 0.2) is 24.3 Å². The third-order valence-corrected chi connectivity index (χ3v) is 5.81. The van der Waals surface area contributed by atoms with Gasteiger partial charge in [-0.05, 0) is 75.9 Å². The number of hydrogen-bond donors (Lipinski definition) is 2. The Hall–Kier alpha value is -2.54. The Balaban J connectivity index is 1.28. The second-order valence-electron chi connectivity index (χ2n) is 8.34. The molecule has 162 valence electrons. The predicted molar refractivity (Wildman–Crippen MR) is 117 cm³/mol. The van der Waals surface area contributed by atoms with Crippen LogP contribution < -0.4 is 14.8 Å². The summed E-state index contributed by atoms with van der Waals surface area (Å²) in [5.41, 5.74) is 1.66. The topological polar surface area (TPSA) is 79.5 Å². The summed E-state index contributed by atoms with van der Waals surface area (Å²) < 4.78 is 11.4. The van der Waals surface area contributed by atoms with Crippen molar-refractivity contribution in [1.82, 2.24) is 15.1 Å². The van der Waals surface area contributed by atoms with Crippen LogP contribution in [0.3, 0.4) is 0 Å². The maximum atomic E-state index is 12.3. The molecule has 7 nitrogen and oxygen atoms in total. The summed E-state index contributed by atoms with van der Waals surface area (Å²) in [6.45, 7) is 4.07. The van der Waals surface area contributed by atoms with E-state index in [4.69, 9.17) is 9.47 Å². The van der Waals surface area contributed by atoms with Crippen LogP contribution in [0, 0.1) is 5.92 Å². The minimum Gasteiger partial charge on any atom is -0.493 e. The molecule has 1 aromatic heterocycles.